The van der Waals surface area contributed by atoms with Gasteiger partial charge in [-0.1, -0.05) is 12.1 Å². The molecule has 0 fully saturated rings. The maximum Gasteiger partial charge on any atom is 0.257 e. The number of carbonyl (C=O) groups excluding carboxylic acids is 1. The van der Waals surface area contributed by atoms with Crippen LogP contribution in [0.15, 0.2) is 33.6 Å². The first-order valence-corrected chi connectivity index (χ1v) is 7.90. The standard InChI is InChI=1S/C12H8Br2IN3O/c1-6-3-2-4-7(9(6)15)12(19)18-11-10(14)17-8(13)5-16-11/h2-5H,1H3,(H,16,18,19). The molecule has 0 saturated carbocycles. The van der Waals surface area contributed by atoms with Gasteiger partial charge < -0.3 is 5.32 Å². The number of aryl methyl sites for hydroxylation is 1. The van der Waals surface area contributed by atoms with Gasteiger partial charge in [0.15, 0.2) is 5.82 Å². The molecule has 19 heavy (non-hydrogen) atoms. The highest BCUT2D eigenvalue weighted by atomic mass is 127. The summed E-state index contributed by atoms with van der Waals surface area (Å²) in [5.74, 6) is 0.191. The lowest BCUT2D eigenvalue weighted by atomic mass is 10.1. The normalized spacial score (nSPS) is 10.3. The van der Waals surface area contributed by atoms with Gasteiger partial charge in [-0.2, -0.15) is 0 Å². The number of rotatable bonds is 2. The van der Waals surface area contributed by atoms with Gasteiger partial charge in [0.25, 0.3) is 5.91 Å². The van der Waals surface area contributed by atoms with Crippen LogP contribution in [-0.4, -0.2) is 15.9 Å². The Balaban J connectivity index is 2.28. The van der Waals surface area contributed by atoms with E-state index in [4.69, 9.17) is 0 Å². The van der Waals surface area contributed by atoms with E-state index >= 15 is 0 Å². The fourth-order valence-electron chi connectivity index (χ4n) is 1.43. The summed E-state index contributed by atoms with van der Waals surface area (Å²) in [7, 11) is 0. The van der Waals surface area contributed by atoms with E-state index in [0.717, 1.165) is 9.13 Å². The average Bonchev–Trinajstić information content (AvgIpc) is 2.36. The molecule has 0 radical (unpaired) electrons. The summed E-state index contributed by atoms with van der Waals surface area (Å²) in [6.07, 6.45) is 1.53. The molecule has 98 valence electrons. The summed E-state index contributed by atoms with van der Waals surface area (Å²) in [5.41, 5.74) is 1.69. The zero-order chi connectivity index (χ0) is 14.0. The highest BCUT2D eigenvalue weighted by Crippen LogP contribution is 2.22. The van der Waals surface area contributed by atoms with Crippen molar-refractivity contribution in [3.05, 3.63) is 48.3 Å². The minimum atomic E-state index is -0.203. The fraction of sp³-hybridized carbons (Fsp3) is 0.0833. The molecule has 0 spiro atoms. The van der Waals surface area contributed by atoms with E-state index in [1.807, 2.05) is 19.1 Å². The molecule has 1 heterocycles. The summed E-state index contributed by atoms with van der Waals surface area (Å²) in [4.78, 5) is 20.4. The van der Waals surface area contributed by atoms with E-state index in [-0.39, 0.29) is 5.91 Å². The topological polar surface area (TPSA) is 54.9 Å². The first kappa shape index (κ1) is 14.9. The molecule has 0 aliphatic carbocycles. The second-order valence-corrected chi connectivity index (χ2v) is 6.37. The van der Waals surface area contributed by atoms with E-state index in [2.05, 4.69) is 69.7 Å². The van der Waals surface area contributed by atoms with Crippen molar-refractivity contribution in [3.8, 4) is 0 Å². The lowest BCUT2D eigenvalue weighted by molar-refractivity contribution is 0.102. The number of anilines is 1. The lowest BCUT2D eigenvalue weighted by Crippen LogP contribution is -2.15. The Morgan fingerprint density at radius 1 is 1.37 bits per heavy atom. The molecule has 7 heteroatoms. The number of aromatic nitrogens is 2. The van der Waals surface area contributed by atoms with Crippen molar-refractivity contribution in [3.63, 3.8) is 0 Å². The Morgan fingerprint density at radius 3 is 2.79 bits per heavy atom. The third-order valence-corrected chi connectivity index (χ3v) is 4.74. The maximum absolute atomic E-state index is 12.2. The zero-order valence-corrected chi connectivity index (χ0v) is 15.1. The number of amides is 1. The van der Waals surface area contributed by atoms with Crippen molar-refractivity contribution in [2.24, 2.45) is 0 Å². The van der Waals surface area contributed by atoms with Crippen molar-refractivity contribution in [2.45, 2.75) is 6.92 Å². The van der Waals surface area contributed by atoms with E-state index in [0.29, 0.717) is 20.6 Å². The highest BCUT2D eigenvalue weighted by Gasteiger charge is 2.14. The van der Waals surface area contributed by atoms with Crippen LogP contribution in [-0.2, 0) is 0 Å². The van der Waals surface area contributed by atoms with E-state index in [9.17, 15) is 4.79 Å². The third kappa shape index (κ3) is 3.51. The van der Waals surface area contributed by atoms with Crippen molar-refractivity contribution in [1.82, 2.24) is 9.97 Å². The summed E-state index contributed by atoms with van der Waals surface area (Å²) in [6.45, 7) is 1.97. The second kappa shape index (κ2) is 6.27. The van der Waals surface area contributed by atoms with Gasteiger partial charge in [0.05, 0.1) is 11.8 Å². The number of halogens is 3. The van der Waals surface area contributed by atoms with Crippen LogP contribution in [0.25, 0.3) is 0 Å². The monoisotopic (exact) mass is 495 g/mol. The number of nitrogens with zero attached hydrogens (tertiary/aromatic N) is 2. The third-order valence-electron chi connectivity index (χ3n) is 2.37. The van der Waals surface area contributed by atoms with Gasteiger partial charge in [0.1, 0.15) is 9.21 Å². The van der Waals surface area contributed by atoms with Crippen molar-refractivity contribution in [1.29, 1.82) is 0 Å². The molecule has 1 N–H and O–H groups in total. The molecule has 2 aromatic rings. The molecule has 0 aliphatic rings. The van der Waals surface area contributed by atoms with Gasteiger partial charge in [0.2, 0.25) is 0 Å². The number of benzene rings is 1. The summed E-state index contributed by atoms with van der Waals surface area (Å²) in [6, 6.07) is 5.60. The molecule has 1 amide bonds. The minimum Gasteiger partial charge on any atom is -0.304 e. The molecule has 0 atom stereocenters. The molecule has 1 aromatic carbocycles. The van der Waals surface area contributed by atoms with Gasteiger partial charge in [-0.25, -0.2) is 9.97 Å². The van der Waals surface area contributed by atoms with Crippen LogP contribution in [0.4, 0.5) is 5.82 Å². The zero-order valence-electron chi connectivity index (χ0n) is 9.75. The summed E-state index contributed by atoms with van der Waals surface area (Å²) in [5, 5.41) is 2.74. The molecule has 1 aromatic heterocycles. The van der Waals surface area contributed by atoms with Crippen molar-refractivity contribution in [2.75, 3.05) is 5.32 Å². The van der Waals surface area contributed by atoms with Gasteiger partial charge in [-0.05, 0) is 73.0 Å². The molecule has 0 saturated heterocycles. The predicted molar refractivity (Wildman–Crippen MR) is 89.3 cm³/mol. The van der Waals surface area contributed by atoms with Crippen molar-refractivity contribution >= 4 is 66.2 Å². The minimum absolute atomic E-state index is 0.203. The summed E-state index contributed by atoms with van der Waals surface area (Å²) < 4.78 is 2.01. The number of nitrogens with one attached hydrogen (secondary N) is 1. The van der Waals surface area contributed by atoms with Crippen LogP contribution in [0.5, 0.6) is 0 Å². The van der Waals surface area contributed by atoms with Crippen LogP contribution in [0, 0.1) is 10.5 Å². The van der Waals surface area contributed by atoms with Crippen LogP contribution in [0.2, 0.25) is 0 Å². The molecule has 2 rings (SSSR count). The fourth-order valence-corrected chi connectivity index (χ4v) is 2.94. The van der Waals surface area contributed by atoms with Crippen LogP contribution in [0.3, 0.4) is 0 Å². The average molecular weight is 497 g/mol. The Kier molecular flexibility index (Phi) is 4.91. The second-order valence-electron chi connectivity index (χ2n) is 3.72. The molecular weight excluding hydrogens is 489 g/mol. The molecular formula is C12H8Br2IN3O. The molecule has 0 aliphatic heterocycles. The van der Waals surface area contributed by atoms with Gasteiger partial charge in [-0.15, -0.1) is 0 Å². The predicted octanol–water partition coefficient (Wildman–Crippen LogP) is 4.17. The first-order chi connectivity index (χ1) is 8.99. The first-order valence-electron chi connectivity index (χ1n) is 5.23. The van der Waals surface area contributed by atoms with Crippen LogP contribution >= 0.6 is 54.5 Å². The number of hydrogen-bond acceptors (Lipinski definition) is 3. The largest absolute Gasteiger partial charge is 0.304 e. The van der Waals surface area contributed by atoms with E-state index in [1.165, 1.54) is 6.20 Å². The van der Waals surface area contributed by atoms with Gasteiger partial charge >= 0.3 is 0 Å². The SMILES string of the molecule is Cc1cccc(C(=O)Nc2ncc(Br)nc2Br)c1I. The smallest absolute Gasteiger partial charge is 0.257 e. The highest BCUT2D eigenvalue weighted by molar-refractivity contribution is 14.1. The summed E-state index contributed by atoms with van der Waals surface area (Å²) >= 11 is 8.63. The quantitative estimate of drug-likeness (QED) is 0.635. The van der Waals surface area contributed by atoms with Crippen LogP contribution < -0.4 is 5.32 Å². The molecule has 4 nitrogen and oxygen atoms in total. The maximum atomic E-state index is 12.2. The lowest BCUT2D eigenvalue weighted by Gasteiger charge is -2.08. The number of hydrogen-bond donors (Lipinski definition) is 1. The van der Waals surface area contributed by atoms with Gasteiger partial charge in [0, 0.05) is 3.57 Å². The van der Waals surface area contributed by atoms with E-state index < -0.39 is 0 Å². The van der Waals surface area contributed by atoms with Crippen LogP contribution in [0.1, 0.15) is 15.9 Å². The number of carbonyl (C=O) groups is 1. The Hall–Kier alpha value is -0.540. The van der Waals surface area contributed by atoms with Gasteiger partial charge in [-0.3, -0.25) is 4.79 Å². The Bertz CT molecular complexity index is 649. The molecule has 0 bridgehead atoms. The van der Waals surface area contributed by atoms with E-state index in [1.54, 1.807) is 6.07 Å². The van der Waals surface area contributed by atoms with Crippen molar-refractivity contribution < 1.29 is 4.79 Å². The molecule has 0 unspecified atom stereocenters. The Labute approximate surface area is 140 Å². The Morgan fingerprint density at radius 2 is 2.11 bits per heavy atom.